The van der Waals surface area contributed by atoms with Gasteiger partial charge in [-0.05, 0) is 22.9 Å². The molecule has 0 unspecified atom stereocenters. The third-order valence-electron chi connectivity index (χ3n) is 3.72. The van der Waals surface area contributed by atoms with Gasteiger partial charge in [0, 0.05) is 10.8 Å². The van der Waals surface area contributed by atoms with Crippen molar-refractivity contribution >= 4 is 51.1 Å². The van der Waals surface area contributed by atoms with Gasteiger partial charge in [0.25, 0.3) is 0 Å². The summed E-state index contributed by atoms with van der Waals surface area (Å²) in [5.74, 6) is 1.79. The van der Waals surface area contributed by atoms with Crippen molar-refractivity contribution in [1.29, 1.82) is 0 Å². The van der Waals surface area contributed by atoms with Crippen molar-refractivity contribution in [2.75, 3.05) is 0 Å². The molecule has 0 N–H and O–H groups in total. The fourth-order valence-corrected chi connectivity index (χ4v) is 2.69. The first-order valence-corrected chi connectivity index (χ1v) is 7.05. The van der Waals surface area contributed by atoms with E-state index in [2.05, 4.69) is 36.4 Å². The number of ether oxygens (including phenoxy) is 1. The molecule has 4 aromatic carbocycles. The van der Waals surface area contributed by atoms with Gasteiger partial charge in [0.05, 0.1) is 0 Å². The maximum Gasteiger partial charge on any atom is 0.135 e. The Labute approximate surface area is 151 Å². The Bertz CT molecular complexity index is 843. The molecule has 0 saturated heterocycles. The third-order valence-corrected chi connectivity index (χ3v) is 3.72. The van der Waals surface area contributed by atoms with Crippen molar-refractivity contribution in [3.63, 3.8) is 0 Å². The zero-order valence-corrected chi connectivity index (χ0v) is 11.5. The average molecular weight is 294 g/mol. The van der Waals surface area contributed by atoms with E-state index in [9.17, 15) is 0 Å². The molecule has 0 radical (unpaired) electrons. The average Bonchev–Trinajstić information content (AvgIpc) is 2.56. The summed E-state index contributed by atoms with van der Waals surface area (Å²) in [7, 11) is 0. The van der Waals surface area contributed by atoms with Crippen LogP contribution in [0.1, 0.15) is 0 Å². The number of rotatable bonds is 2. The number of hydrogen-bond donors (Lipinski definition) is 0. The maximum absolute atomic E-state index is 6.20. The molecular weight excluding hydrogens is 279 g/mol. The van der Waals surface area contributed by atoms with Crippen LogP contribution < -0.4 is 4.74 Å². The SMILES string of the molecule is [NaH].c1ccc2c(Oc3cccc4ccccc34)cccc2c1. The van der Waals surface area contributed by atoms with Gasteiger partial charge in [-0.2, -0.15) is 0 Å². The Kier molecular flexibility index (Phi) is 4.49. The largest absolute Gasteiger partial charge is 0.456 e. The summed E-state index contributed by atoms with van der Waals surface area (Å²) < 4.78 is 6.20. The molecule has 0 bridgehead atoms. The van der Waals surface area contributed by atoms with Gasteiger partial charge in [-0.3, -0.25) is 0 Å². The summed E-state index contributed by atoms with van der Waals surface area (Å²) in [5.41, 5.74) is 0. The van der Waals surface area contributed by atoms with Crippen LogP contribution in [0, 0.1) is 0 Å². The van der Waals surface area contributed by atoms with Crippen molar-refractivity contribution in [3.8, 4) is 11.5 Å². The standard InChI is InChI=1S/C20H14O.Na.H/c1-3-11-17-15(7-1)9-5-13-19(17)21-20-14-6-10-16-8-2-4-12-18(16)20;;/h1-14H;;. The predicted molar refractivity (Wildman–Crippen MR) is 95.1 cm³/mol. The van der Waals surface area contributed by atoms with Gasteiger partial charge in [-0.25, -0.2) is 0 Å². The van der Waals surface area contributed by atoms with Crippen molar-refractivity contribution in [1.82, 2.24) is 0 Å². The number of benzene rings is 4. The van der Waals surface area contributed by atoms with E-state index in [4.69, 9.17) is 4.74 Å². The van der Waals surface area contributed by atoms with E-state index in [1.54, 1.807) is 0 Å². The van der Waals surface area contributed by atoms with E-state index in [0.29, 0.717) is 0 Å². The van der Waals surface area contributed by atoms with Crippen molar-refractivity contribution in [2.45, 2.75) is 0 Å². The van der Waals surface area contributed by atoms with E-state index >= 15 is 0 Å². The Morgan fingerprint density at radius 1 is 0.455 bits per heavy atom. The van der Waals surface area contributed by atoms with Crippen LogP contribution in [0.5, 0.6) is 11.5 Å². The van der Waals surface area contributed by atoms with Gasteiger partial charge in [0.1, 0.15) is 11.5 Å². The Hall–Kier alpha value is -1.80. The van der Waals surface area contributed by atoms with Gasteiger partial charge >= 0.3 is 29.6 Å². The van der Waals surface area contributed by atoms with Crippen LogP contribution in [0.15, 0.2) is 84.9 Å². The van der Waals surface area contributed by atoms with E-state index in [-0.39, 0.29) is 29.6 Å². The fourth-order valence-electron chi connectivity index (χ4n) is 2.69. The number of fused-ring (bicyclic) bond motifs is 2. The maximum atomic E-state index is 6.20. The molecule has 0 atom stereocenters. The molecule has 1 nitrogen and oxygen atoms in total. The molecule has 0 aliphatic carbocycles. The summed E-state index contributed by atoms with van der Waals surface area (Å²) in [6.45, 7) is 0. The molecule has 0 heterocycles. The van der Waals surface area contributed by atoms with Gasteiger partial charge in [0.2, 0.25) is 0 Å². The van der Waals surface area contributed by atoms with Crippen LogP contribution in [0.2, 0.25) is 0 Å². The number of hydrogen-bond acceptors (Lipinski definition) is 1. The molecule has 0 aliphatic heterocycles. The molecule has 0 spiro atoms. The van der Waals surface area contributed by atoms with Crippen molar-refractivity contribution < 1.29 is 4.74 Å². The zero-order chi connectivity index (χ0) is 14.1. The van der Waals surface area contributed by atoms with Crippen molar-refractivity contribution in [3.05, 3.63) is 84.9 Å². The van der Waals surface area contributed by atoms with E-state index in [1.807, 2.05) is 48.5 Å². The molecule has 0 aliphatic rings. The second-order valence-electron chi connectivity index (χ2n) is 5.06. The van der Waals surface area contributed by atoms with Crippen molar-refractivity contribution in [2.24, 2.45) is 0 Å². The minimum atomic E-state index is 0. The molecule has 0 fully saturated rings. The second-order valence-corrected chi connectivity index (χ2v) is 5.06. The topological polar surface area (TPSA) is 9.23 Å². The van der Waals surface area contributed by atoms with Gasteiger partial charge in [0.15, 0.2) is 0 Å². The summed E-state index contributed by atoms with van der Waals surface area (Å²) in [5, 5.41) is 4.64. The fraction of sp³-hybridized carbons (Fsp3) is 0. The molecule has 102 valence electrons. The van der Waals surface area contributed by atoms with Crippen LogP contribution in [0.25, 0.3) is 21.5 Å². The van der Waals surface area contributed by atoms with E-state index < -0.39 is 0 Å². The summed E-state index contributed by atoms with van der Waals surface area (Å²) in [6, 6.07) is 28.9. The Morgan fingerprint density at radius 2 is 0.864 bits per heavy atom. The molecule has 4 aromatic rings. The third kappa shape index (κ3) is 2.76. The molecule has 0 saturated carbocycles. The zero-order valence-electron chi connectivity index (χ0n) is 11.5. The van der Waals surface area contributed by atoms with E-state index in [1.165, 1.54) is 10.8 Å². The Balaban J connectivity index is 0.00000144. The molecule has 4 rings (SSSR count). The smallest absolute Gasteiger partial charge is 0.135 e. The predicted octanol–water partition coefficient (Wildman–Crippen LogP) is 5.14. The first-order valence-electron chi connectivity index (χ1n) is 7.05. The van der Waals surface area contributed by atoms with Crippen LogP contribution in [-0.4, -0.2) is 29.6 Å². The summed E-state index contributed by atoms with van der Waals surface area (Å²) >= 11 is 0. The van der Waals surface area contributed by atoms with Crippen LogP contribution >= 0.6 is 0 Å². The minimum absolute atomic E-state index is 0. The van der Waals surface area contributed by atoms with E-state index in [0.717, 1.165) is 22.3 Å². The van der Waals surface area contributed by atoms with Crippen LogP contribution in [-0.2, 0) is 0 Å². The monoisotopic (exact) mass is 294 g/mol. The summed E-state index contributed by atoms with van der Waals surface area (Å²) in [4.78, 5) is 0. The minimum Gasteiger partial charge on any atom is -0.456 e. The normalized spacial score (nSPS) is 10.4. The van der Waals surface area contributed by atoms with Crippen LogP contribution in [0.4, 0.5) is 0 Å². The van der Waals surface area contributed by atoms with Gasteiger partial charge in [-0.15, -0.1) is 0 Å². The quantitative estimate of drug-likeness (QED) is 0.465. The first-order chi connectivity index (χ1) is 10.4. The van der Waals surface area contributed by atoms with Gasteiger partial charge in [-0.1, -0.05) is 72.8 Å². The molecule has 2 heteroatoms. The Morgan fingerprint density at radius 3 is 1.36 bits per heavy atom. The second kappa shape index (κ2) is 6.53. The molecule has 0 amide bonds. The van der Waals surface area contributed by atoms with Crippen LogP contribution in [0.3, 0.4) is 0 Å². The molecule has 0 aromatic heterocycles. The molecular formula is C20H15NaO. The van der Waals surface area contributed by atoms with Gasteiger partial charge < -0.3 is 4.74 Å². The first kappa shape index (κ1) is 15.1. The summed E-state index contributed by atoms with van der Waals surface area (Å²) in [6.07, 6.45) is 0. The molecule has 22 heavy (non-hydrogen) atoms.